The van der Waals surface area contributed by atoms with Gasteiger partial charge in [0.1, 0.15) is 0 Å². The normalized spacial score (nSPS) is 15.1. The predicted octanol–water partition coefficient (Wildman–Crippen LogP) is 14.3. The first-order valence-electron chi connectivity index (χ1n) is 19.4. The van der Waals surface area contributed by atoms with Crippen LogP contribution in [0.1, 0.15) is 59.7 Å². The van der Waals surface area contributed by atoms with Gasteiger partial charge in [-0.15, -0.1) is 0 Å². The standard InChI is InChI=1S/C54H43N/c1-6-7-14-42-36(3)54(49-19-12-9-16-44(49)45-17-10-13-20-50(45)54)52-34-41(29-31-46(42)52)55(39-27-25-38(26-28-39)37-23-21-35(2)22-24-37)40-30-32-47-43-15-8-11-18-48(43)53(4,5)51(47)33-40/h6-34H,1H2,2-5H3/b14-7-. The highest BCUT2D eigenvalue weighted by Crippen LogP contribution is 2.62. The first kappa shape index (κ1) is 33.2. The molecule has 0 atom stereocenters. The third-order valence-electron chi connectivity index (χ3n) is 12.6. The Hall–Kier alpha value is -6.44. The molecular weight excluding hydrogens is 663 g/mol. The molecule has 1 heteroatoms. The fourth-order valence-electron chi connectivity index (χ4n) is 9.96. The second-order valence-electron chi connectivity index (χ2n) is 15.9. The van der Waals surface area contributed by atoms with Crippen molar-refractivity contribution in [3.63, 3.8) is 0 Å². The summed E-state index contributed by atoms with van der Waals surface area (Å²) >= 11 is 0. The molecule has 3 aliphatic rings. The molecule has 0 N–H and O–H groups in total. The molecule has 0 heterocycles. The molecule has 0 saturated heterocycles. The minimum Gasteiger partial charge on any atom is -0.310 e. The lowest BCUT2D eigenvalue weighted by molar-refractivity contribution is 0.660. The lowest BCUT2D eigenvalue weighted by Gasteiger charge is -2.33. The van der Waals surface area contributed by atoms with Crippen molar-refractivity contribution in [3.05, 3.63) is 227 Å². The Morgan fingerprint density at radius 3 is 1.55 bits per heavy atom. The molecule has 264 valence electrons. The van der Waals surface area contributed by atoms with Gasteiger partial charge in [-0.3, -0.25) is 0 Å². The molecular formula is C54H43N. The molecule has 0 saturated carbocycles. The van der Waals surface area contributed by atoms with Crippen LogP contribution in [0.2, 0.25) is 0 Å². The van der Waals surface area contributed by atoms with E-state index in [1.54, 1.807) is 0 Å². The SMILES string of the molecule is C=C/C=C\C1=C(C)C2(c3cc(N(c4ccc(-c5ccc(C)cc5)cc4)c4ccc5c(c4)C(C)(C)c4ccccc4-5)ccc31)c1ccccc1-c1ccccc12. The lowest BCUT2D eigenvalue weighted by atomic mass is 9.70. The molecule has 0 amide bonds. The molecule has 0 radical (unpaired) electrons. The van der Waals surface area contributed by atoms with E-state index in [1.807, 2.05) is 6.08 Å². The number of anilines is 3. The second kappa shape index (κ2) is 12.3. The molecule has 55 heavy (non-hydrogen) atoms. The highest BCUT2D eigenvalue weighted by molar-refractivity contribution is 5.98. The van der Waals surface area contributed by atoms with Crippen LogP contribution in [-0.4, -0.2) is 0 Å². The average Bonchev–Trinajstić information content (AvgIpc) is 3.75. The van der Waals surface area contributed by atoms with Crippen molar-refractivity contribution in [3.8, 4) is 33.4 Å². The Labute approximate surface area is 325 Å². The van der Waals surface area contributed by atoms with Gasteiger partial charge in [0.05, 0.1) is 5.41 Å². The van der Waals surface area contributed by atoms with E-state index in [1.165, 1.54) is 83.5 Å². The minimum absolute atomic E-state index is 0.115. The number of hydrogen-bond donors (Lipinski definition) is 0. The number of allylic oxidation sites excluding steroid dienone is 5. The minimum atomic E-state index is -0.415. The van der Waals surface area contributed by atoms with Gasteiger partial charge in [-0.25, -0.2) is 0 Å². The Bertz CT molecular complexity index is 2710. The van der Waals surface area contributed by atoms with E-state index in [9.17, 15) is 0 Å². The van der Waals surface area contributed by atoms with E-state index in [0.717, 1.165) is 17.1 Å². The summed E-state index contributed by atoms with van der Waals surface area (Å²) in [6.07, 6.45) is 6.21. The average molecular weight is 706 g/mol. The molecule has 0 aliphatic heterocycles. The maximum Gasteiger partial charge on any atom is 0.0686 e. The summed E-state index contributed by atoms with van der Waals surface area (Å²) in [5, 5.41) is 0. The number of hydrogen-bond acceptors (Lipinski definition) is 1. The van der Waals surface area contributed by atoms with Crippen LogP contribution in [-0.2, 0) is 10.8 Å². The van der Waals surface area contributed by atoms with Crippen LogP contribution in [0.25, 0.3) is 39.0 Å². The summed E-state index contributed by atoms with van der Waals surface area (Å²) in [7, 11) is 0. The third-order valence-corrected chi connectivity index (χ3v) is 12.6. The van der Waals surface area contributed by atoms with Crippen LogP contribution in [0.15, 0.2) is 188 Å². The van der Waals surface area contributed by atoms with Crippen molar-refractivity contribution in [1.82, 2.24) is 0 Å². The quantitative estimate of drug-likeness (QED) is 0.156. The van der Waals surface area contributed by atoms with Gasteiger partial charge in [-0.2, -0.15) is 0 Å². The second-order valence-corrected chi connectivity index (χ2v) is 15.9. The third kappa shape index (κ3) is 4.72. The monoisotopic (exact) mass is 705 g/mol. The molecule has 0 aromatic heterocycles. The number of benzene rings is 7. The zero-order valence-electron chi connectivity index (χ0n) is 31.9. The summed E-state index contributed by atoms with van der Waals surface area (Å²) in [6.45, 7) is 13.2. The van der Waals surface area contributed by atoms with E-state index >= 15 is 0 Å². The van der Waals surface area contributed by atoms with Gasteiger partial charge < -0.3 is 4.90 Å². The van der Waals surface area contributed by atoms with Gasteiger partial charge in [0, 0.05) is 22.5 Å². The number of fused-ring (bicyclic) bond motifs is 10. The van der Waals surface area contributed by atoms with Crippen LogP contribution in [0.5, 0.6) is 0 Å². The van der Waals surface area contributed by atoms with Crippen molar-refractivity contribution < 1.29 is 0 Å². The van der Waals surface area contributed by atoms with Crippen molar-refractivity contribution in [1.29, 1.82) is 0 Å². The molecule has 10 rings (SSSR count). The summed E-state index contributed by atoms with van der Waals surface area (Å²) in [6, 6.07) is 59.1. The van der Waals surface area contributed by atoms with Gasteiger partial charge in [0.2, 0.25) is 0 Å². The predicted molar refractivity (Wildman–Crippen MR) is 233 cm³/mol. The summed E-state index contributed by atoms with van der Waals surface area (Å²) in [5.74, 6) is 0. The highest BCUT2D eigenvalue weighted by atomic mass is 15.1. The van der Waals surface area contributed by atoms with Gasteiger partial charge in [0.25, 0.3) is 0 Å². The van der Waals surface area contributed by atoms with Crippen molar-refractivity contribution in [2.75, 3.05) is 4.90 Å². The van der Waals surface area contributed by atoms with Crippen LogP contribution < -0.4 is 4.90 Å². The van der Waals surface area contributed by atoms with Crippen molar-refractivity contribution >= 4 is 22.6 Å². The van der Waals surface area contributed by atoms with Crippen molar-refractivity contribution in [2.24, 2.45) is 0 Å². The fourth-order valence-corrected chi connectivity index (χ4v) is 9.96. The molecule has 0 unspecified atom stereocenters. The summed E-state index contributed by atoms with van der Waals surface area (Å²) in [5.41, 5.74) is 22.5. The van der Waals surface area contributed by atoms with E-state index in [0.29, 0.717) is 0 Å². The van der Waals surface area contributed by atoms with Crippen LogP contribution in [0.4, 0.5) is 17.1 Å². The molecule has 7 aromatic carbocycles. The largest absolute Gasteiger partial charge is 0.310 e. The maximum absolute atomic E-state index is 4.03. The zero-order chi connectivity index (χ0) is 37.5. The molecule has 0 fully saturated rings. The highest BCUT2D eigenvalue weighted by Gasteiger charge is 2.51. The van der Waals surface area contributed by atoms with Gasteiger partial charge in [-0.05, 0) is 128 Å². The first-order chi connectivity index (χ1) is 26.8. The van der Waals surface area contributed by atoms with E-state index in [-0.39, 0.29) is 5.41 Å². The molecule has 1 spiro atoms. The fraction of sp³-hybridized carbons (Fsp3) is 0.111. The summed E-state index contributed by atoms with van der Waals surface area (Å²) in [4.78, 5) is 2.46. The maximum atomic E-state index is 4.03. The zero-order valence-corrected chi connectivity index (χ0v) is 31.9. The smallest absolute Gasteiger partial charge is 0.0686 e. The van der Waals surface area contributed by atoms with Crippen LogP contribution in [0, 0.1) is 6.92 Å². The van der Waals surface area contributed by atoms with E-state index in [2.05, 4.69) is 209 Å². The first-order valence-corrected chi connectivity index (χ1v) is 19.4. The Kier molecular flexibility index (Phi) is 7.41. The van der Waals surface area contributed by atoms with Gasteiger partial charge in [0.15, 0.2) is 0 Å². The van der Waals surface area contributed by atoms with Gasteiger partial charge in [-0.1, -0.05) is 166 Å². The van der Waals surface area contributed by atoms with Crippen LogP contribution >= 0.6 is 0 Å². The lowest BCUT2D eigenvalue weighted by Crippen LogP contribution is -2.26. The molecule has 7 aromatic rings. The van der Waals surface area contributed by atoms with Gasteiger partial charge >= 0.3 is 0 Å². The Balaban J connectivity index is 1.20. The van der Waals surface area contributed by atoms with Crippen molar-refractivity contribution in [2.45, 2.75) is 38.5 Å². The molecule has 3 aliphatic carbocycles. The number of aryl methyl sites for hydroxylation is 1. The topological polar surface area (TPSA) is 3.24 Å². The van der Waals surface area contributed by atoms with E-state index in [4.69, 9.17) is 0 Å². The number of rotatable bonds is 6. The van der Waals surface area contributed by atoms with Crippen LogP contribution in [0.3, 0.4) is 0 Å². The Morgan fingerprint density at radius 2 is 0.945 bits per heavy atom. The Morgan fingerprint density at radius 1 is 0.473 bits per heavy atom. The molecule has 1 nitrogen and oxygen atoms in total. The number of nitrogens with zero attached hydrogens (tertiary/aromatic N) is 1. The van der Waals surface area contributed by atoms with E-state index < -0.39 is 5.41 Å². The molecule has 0 bridgehead atoms. The summed E-state index contributed by atoms with van der Waals surface area (Å²) < 4.78 is 0.